The zero-order valence-electron chi connectivity index (χ0n) is 25.6. The molecule has 46 heavy (non-hydrogen) atoms. The number of hydrogen-bond acceptors (Lipinski definition) is 8. The molecule has 1 N–H and O–H groups in total. The van der Waals surface area contributed by atoms with Crippen molar-refractivity contribution in [3.63, 3.8) is 0 Å². The number of hydrogen-bond donors (Lipinski definition) is 1. The van der Waals surface area contributed by atoms with Gasteiger partial charge in [0.25, 0.3) is 11.8 Å². The monoisotopic (exact) mass is 656 g/mol. The number of pyridine rings is 1. The minimum atomic E-state index is -5.10. The molecule has 1 aromatic carbocycles. The fourth-order valence-electron chi connectivity index (χ4n) is 4.09. The Hall–Kier alpha value is -4.40. The lowest BCUT2D eigenvalue weighted by Gasteiger charge is -2.32. The maximum absolute atomic E-state index is 14.8. The Morgan fingerprint density at radius 3 is 2.28 bits per heavy atom. The molecule has 0 spiro atoms. The number of nitrogens with zero attached hydrogens (tertiary/aromatic N) is 3. The van der Waals surface area contributed by atoms with Crippen LogP contribution < -0.4 is 10.1 Å². The third-order valence-corrected chi connectivity index (χ3v) is 6.20. The maximum atomic E-state index is 14.8. The van der Waals surface area contributed by atoms with Crippen LogP contribution in [-0.2, 0) is 27.9 Å². The number of allylic oxidation sites excluding steroid dienone is 1. The molecule has 0 fully saturated rings. The van der Waals surface area contributed by atoms with E-state index >= 15 is 0 Å². The molecule has 0 aliphatic heterocycles. The molecule has 0 unspecified atom stereocenters. The van der Waals surface area contributed by atoms with Crippen LogP contribution in [0.1, 0.15) is 64.0 Å². The van der Waals surface area contributed by atoms with Crippen LogP contribution in [0.3, 0.4) is 0 Å². The van der Waals surface area contributed by atoms with Crippen LogP contribution in [-0.4, -0.2) is 39.2 Å². The highest BCUT2D eigenvalue weighted by Crippen LogP contribution is 2.47. The van der Waals surface area contributed by atoms with E-state index in [4.69, 9.17) is 18.6 Å². The molecule has 250 valence electrons. The van der Waals surface area contributed by atoms with Crippen molar-refractivity contribution in [2.75, 3.05) is 5.32 Å². The molecular formula is C31H34F6N4O5. The molecule has 2 aromatic heterocycles. The SMILES string of the molecule is C=CCC[C@@](OCc1ccccc1)(c1nnc(-c2nc(O[C@H](C)CC=C)c(C(F)(F)F)cc2NC(=O)OC(C)(C)C)o1)C(F)(F)F. The van der Waals surface area contributed by atoms with E-state index in [1.54, 1.807) is 30.3 Å². The molecule has 3 rings (SSSR count). The third-order valence-electron chi connectivity index (χ3n) is 6.20. The predicted octanol–water partition coefficient (Wildman–Crippen LogP) is 8.78. The average molecular weight is 657 g/mol. The van der Waals surface area contributed by atoms with Gasteiger partial charge in [0.2, 0.25) is 11.5 Å². The van der Waals surface area contributed by atoms with Gasteiger partial charge in [0.1, 0.15) is 17.3 Å². The lowest BCUT2D eigenvalue weighted by molar-refractivity contribution is -0.299. The van der Waals surface area contributed by atoms with E-state index < -0.39 is 83.4 Å². The molecule has 0 radical (unpaired) electrons. The van der Waals surface area contributed by atoms with E-state index in [1.165, 1.54) is 39.8 Å². The van der Waals surface area contributed by atoms with Crippen LogP contribution in [0, 0.1) is 0 Å². The second kappa shape index (κ2) is 14.4. The summed E-state index contributed by atoms with van der Waals surface area (Å²) in [6.45, 7) is 12.5. The first-order valence-corrected chi connectivity index (χ1v) is 14.0. The molecule has 9 nitrogen and oxygen atoms in total. The molecular weight excluding hydrogens is 622 g/mol. The van der Waals surface area contributed by atoms with Gasteiger partial charge < -0.3 is 18.6 Å². The van der Waals surface area contributed by atoms with Crippen molar-refractivity contribution >= 4 is 11.8 Å². The highest BCUT2D eigenvalue weighted by Gasteiger charge is 2.61. The Bertz CT molecular complexity index is 1500. The number of amides is 1. The Morgan fingerprint density at radius 1 is 1.04 bits per heavy atom. The van der Waals surface area contributed by atoms with Crippen molar-refractivity contribution in [1.82, 2.24) is 15.2 Å². The van der Waals surface area contributed by atoms with Crippen molar-refractivity contribution in [2.45, 2.75) is 83.2 Å². The molecule has 0 aliphatic carbocycles. The Balaban J connectivity index is 2.22. The quantitative estimate of drug-likeness (QED) is 0.144. The number of nitrogens with one attached hydrogen (secondary N) is 1. The highest BCUT2D eigenvalue weighted by molar-refractivity contribution is 5.89. The highest BCUT2D eigenvalue weighted by atomic mass is 19.4. The van der Waals surface area contributed by atoms with Crippen molar-refractivity contribution in [2.24, 2.45) is 0 Å². The van der Waals surface area contributed by atoms with Crippen LogP contribution >= 0.6 is 0 Å². The molecule has 2 heterocycles. The van der Waals surface area contributed by atoms with Gasteiger partial charge in [-0.3, -0.25) is 5.32 Å². The van der Waals surface area contributed by atoms with Crippen molar-refractivity contribution < 1.29 is 49.8 Å². The number of rotatable bonds is 13. The van der Waals surface area contributed by atoms with Gasteiger partial charge in [-0.05, 0) is 52.2 Å². The first kappa shape index (κ1) is 36.1. The van der Waals surface area contributed by atoms with Crippen molar-refractivity contribution in [3.05, 3.63) is 78.7 Å². The topological polar surface area (TPSA) is 109 Å². The van der Waals surface area contributed by atoms with Gasteiger partial charge in [0.15, 0.2) is 5.69 Å². The average Bonchev–Trinajstić information content (AvgIpc) is 3.42. The molecule has 15 heteroatoms. The van der Waals surface area contributed by atoms with E-state index in [2.05, 4.69) is 33.7 Å². The predicted molar refractivity (Wildman–Crippen MR) is 156 cm³/mol. The summed E-state index contributed by atoms with van der Waals surface area (Å²) in [6, 6.07) is 8.53. The summed E-state index contributed by atoms with van der Waals surface area (Å²) in [7, 11) is 0. The van der Waals surface area contributed by atoms with Crippen LogP contribution in [0.4, 0.5) is 36.8 Å². The molecule has 2 atom stereocenters. The molecule has 3 aromatic rings. The Labute approximate surface area is 261 Å². The zero-order chi connectivity index (χ0) is 34.3. The number of ether oxygens (including phenoxy) is 3. The van der Waals surface area contributed by atoms with E-state index in [9.17, 15) is 31.1 Å². The minimum Gasteiger partial charge on any atom is -0.474 e. The van der Waals surface area contributed by atoms with E-state index in [0.29, 0.717) is 11.6 Å². The van der Waals surface area contributed by atoms with Crippen molar-refractivity contribution in [3.8, 4) is 17.5 Å². The van der Waals surface area contributed by atoms with Gasteiger partial charge in [-0.2, -0.15) is 26.3 Å². The lowest BCUT2D eigenvalue weighted by atomic mass is 9.96. The van der Waals surface area contributed by atoms with Gasteiger partial charge in [-0.1, -0.05) is 42.5 Å². The number of alkyl halides is 6. The fraction of sp³-hybridized carbons (Fsp3) is 0.419. The van der Waals surface area contributed by atoms with Gasteiger partial charge in [-0.25, -0.2) is 9.78 Å². The smallest absolute Gasteiger partial charge is 0.426 e. The fourth-order valence-corrected chi connectivity index (χ4v) is 4.09. The number of benzene rings is 1. The second-order valence-corrected chi connectivity index (χ2v) is 11.2. The van der Waals surface area contributed by atoms with Crippen molar-refractivity contribution in [1.29, 1.82) is 0 Å². The summed E-state index contributed by atoms with van der Waals surface area (Å²) in [5.41, 5.74) is -6.43. The summed E-state index contributed by atoms with van der Waals surface area (Å²) in [5, 5.41) is 9.45. The largest absolute Gasteiger partial charge is 0.474 e. The number of carbonyl (C=O) groups is 1. The first-order valence-electron chi connectivity index (χ1n) is 14.0. The summed E-state index contributed by atoms with van der Waals surface area (Å²) in [6.07, 6.45) is -10.3. The summed E-state index contributed by atoms with van der Waals surface area (Å²) < 4.78 is 109. The van der Waals surface area contributed by atoms with Crippen LogP contribution in [0.5, 0.6) is 5.88 Å². The summed E-state index contributed by atoms with van der Waals surface area (Å²) in [5.74, 6) is -2.74. The number of carbonyl (C=O) groups excluding carboxylic acids is 1. The molecule has 0 bridgehead atoms. The third kappa shape index (κ3) is 9.08. The zero-order valence-corrected chi connectivity index (χ0v) is 25.6. The van der Waals surface area contributed by atoms with Crippen LogP contribution in [0.2, 0.25) is 0 Å². The van der Waals surface area contributed by atoms with Gasteiger partial charge in [-0.15, -0.1) is 23.4 Å². The first-order chi connectivity index (χ1) is 21.4. The molecule has 0 saturated carbocycles. The van der Waals surface area contributed by atoms with Gasteiger partial charge in [0, 0.05) is 6.42 Å². The van der Waals surface area contributed by atoms with E-state index in [-0.39, 0.29) is 12.8 Å². The molecule has 0 aliphatic rings. The van der Waals surface area contributed by atoms with E-state index in [0.717, 1.165) is 0 Å². The second-order valence-electron chi connectivity index (χ2n) is 11.2. The number of halogens is 6. The standard InChI is InChI=1S/C31H34F6N4O5/c1-7-9-16-29(31(35,36)37,43-18-20-14-11-10-12-15-20)26-41-40-25(45-26)23-22(38-27(42)46-28(4,5)6)17-21(30(32,33)34)24(39-23)44-19(3)13-8-2/h7-8,10-12,14-15,17,19H,1-2,9,13,16,18H2,3-6H3,(H,38,42)/t19-,29-/m1/s1. The Kier molecular flexibility index (Phi) is 11.3. The Morgan fingerprint density at radius 2 is 1.72 bits per heavy atom. The molecule has 0 saturated heterocycles. The van der Waals surface area contributed by atoms with Crippen LogP contribution in [0.25, 0.3) is 11.6 Å². The summed E-state index contributed by atoms with van der Waals surface area (Å²) >= 11 is 0. The lowest BCUT2D eigenvalue weighted by Crippen LogP contribution is -2.45. The van der Waals surface area contributed by atoms with E-state index in [1.807, 2.05) is 0 Å². The number of aromatic nitrogens is 3. The minimum absolute atomic E-state index is 0.132. The summed E-state index contributed by atoms with van der Waals surface area (Å²) in [4.78, 5) is 16.5. The normalized spacial score (nSPS) is 14.2. The molecule has 1 amide bonds. The van der Waals surface area contributed by atoms with Crippen LogP contribution in [0.15, 0.2) is 66.1 Å². The number of anilines is 1. The maximum Gasteiger partial charge on any atom is 0.426 e. The van der Waals surface area contributed by atoms with Gasteiger partial charge >= 0.3 is 18.4 Å². The van der Waals surface area contributed by atoms with Gasteiger partial charge in [0.05, 0.1) is 12.3 Å².